The van der Waals surface area contributed by atoms with Gasteiger partial charge in [-0.3, -0.25) is 10.1 Å². The Morgan fingerprint density at radius 1 is 1.38 bits per heavy atom. The molecule has 5 heteroatoms. The van der Waals surface area contributed by atoms with Crippen molar-refractivity contribution in [3.05, 3.63) is 0 Å². The SMILES string of the molecule is CC(C)(C)C(=O)C1CCCC(OC(F)F)N1. The Morgan fingerprint density at radius 3 is 2.50 bits per heavy atom. The van der Waals surface area contributed by atoms with E-state index in [0.717, 1.165) is 6.42 Å². The second-order valence-corrected chi connectivity index (χ2v) is 5.15. The zero-order chi connectivity index (χ0) is 12.3. The number of carbonyl (C=O) groups is 1. The molecule has 3 nitrogen and oxygen atoms in total. The largest absolute Gasteiger partial charge is 0.346 e. The third kappa shape index (κ3) is 3.79. The maximum atomic E-state index is 12.0. The smallest absolute Gasteiger partial charge is 0.304 e. The van der Waals surface area contributed by atoms with Gasteiger partial charge in [0.1, 0.15) is 6.23 Å². The van der Waals surface area contributed by atoms with E-state index in [1.807, 2.05) is 20.8 Å². The third-order valence-electron chi connectivity index (χ3n) is 2.67. The summed E-state index contributed by atoms with van der Waals surface area (Å²) < 4.78 is 28.5. The molecule has 1 heterocycles. The van der Waals surface area contributed by atoms with Crippen LogP contribution >= 0.6 is 0 Å². The number of hydrogen-bond acceptors (Lipinski definition) is 3. The second kappa shape index (κ2) is 5.19. The average Bonchev–Trinajstić information content (AvgIpc) is 2.14. The van der Waals surface area contributed by atoms with Crippen LogP contribution in [-0.2, 0) is 9.53 Å². The Kier molecular flexibility index (Phi) is 4.38. The topological polar surface area (TPSA) is 38.3 Å². The number of rotatable bonds is 3. The molecular formula is C11H19F2NO2. The van der Waals surface area contributed by atoms with Crippen LogP contribution in [0.15, 0.2) is 0 Å². The van der Waals surface area contributed by atoms with Crippen LogP contribution in [0.25, 0.3) is 0 Å². The number of alkyl halides is 2. The first-order valence-electron chi connectivity index (χ1n) is 5.54. The van der Waals surface area contributed by atoms with Gasteiger partial charge in [-0.2, -0.15) is 8.78 Å². The van der Waals surface area contributed by atoms with Gasteiger partial charge in [-0.1, -0.05) is 20.8 Å². The molecule has 1 N–H and O–H groups in total. The number of nitrogens with one attached hydrogen (secondary N) is 1. The van der Waals surface area contributed by atoms with Crippen molar-refractivity contribution in [1.82, 2.24) is 5.32 Å². The molecule has 2 atom stereocenters. The Balaban J connectivity index is 2.54. The predicted octanol–water partition coefficient (Wildman–Crippen LogP) is 2.31. The quantitative estimate of drug-likeness (QED) is 0.815. The fourth-order valence-corrected chi connectivity index (χ4v) is 1.86. The van der Waals surface area contributed by atoms with Crippen molar-refractivity contribution in [1.29, 1.82) is 0 Å². The van der Waals surface area contributed by atoms with E-state index < -0.39 is 18.3 Å². The first-order chi connectivity index (χ1) is 7.30. The number of carbonyl (C=O) groups excluding carboxylic acids is 1. The summed E-state index contributed by atoms with van der Waals surface area (Å²) in [5.74, 6) is 0.0510. The molecule has 0 aromatic rings. The maximum Gasteiger partial charge on any atom is 0.346 e. The molecule has 0 aromatic carbocycles. The molecule has 0 aliphatic carbocycles. The van der Waals surface area contributed by atoms with E-state index in [1.54, 1.807) is 0 Å². The van der Waals surface area contributed by atoms with E-state index in [4.69, 9.17) is 0 Å². The number of ether oxygens (including phenoxy) is 1. The molecule has 1 aliphatic heterocycles. The molecule has 1 saturated heterocycles. The van der Waals surface area contributed by atoms with Crippen molar-refractivity contribution in [2.24, 2.45) is 5.41 Å². The molecule has 0 spiro atoms. The molecule has 16 heavy (non-hydrogen) atoms. The maximum absolute atomic E-state index is 12.0. The van der Waals surface area contributed by atoms with E-state index in [9.17, 15) is 13.6 Å². The molecule has 1 fully saturated rings. The van der Waals surface area contributed by atoms with Crippen LogP contribution in [0.1, 0.15) is 40.0 Å². The zero-order valence-electron chi connectivity index (χ0n) is 9.93. The Labute approximate surface area is 94.5 Å². The Bertz CT molecular complexity index is 251. The molecule has 1 aliphatic rings. The van der Waals surface area contributed by atoms with Gasteiger partial charge in [0.25, 0.3) is 0 Å². The average molecular weight is 235 g/mol. The van der Waals surface area contributed by atoms with Crippen molar-refractivity contribution in [2.75, 3.05) is 0 Å². The van der Waals surface area contributed by atoms with Crippen LogP contribution in [-0.4, -0.2) is 24.7 Å². The van der Waals surface area contributed by atoms with Gasteiger partial charge in [0.05, 0.1) is 6.04 Å². The summed E-state index contributed by atoms with van der Waals surface area (Å²) in [5.41, 5.74) is -0.454. The van der Waals surface area contributed by atoms with E-state index in [2.05, 4.69) is 10.1 Å². The van der Waals surface area contributed by atoms with Gasteiger partial charge in [-0.15, -0.1) is 0 Å². The van der Waals surface area contributed by atoms with Gasteiger partial charge in [-0.05, 0) is 19.3 Å². The van der Waals surface area contributed by atoms with E-state index >= 15 is 0 Å². The summed E-state index contributed by atoms with van der Waals surface area (Å²) in [6.45, 7) is 2.69. The van der Waals surface area contributed by atoms with Crippen LogP contribution in [0.5, 0.6) is 0 Å². The molecule has 0 radical (unpaired) electrons. The first-order valence-corrected chi connectivity index (χ1v) is 5.54. The summed E-state index contributed by atoms with van der Waals surface area (Å²) in [5, 5.41) is 2.84. The van der Waals surface area contributed by atoms with Crippen molar-refractivity contribution in [3.63, 3.8) is 0 Å². The number of Topliss-reactive ketones (excluding diaryl/α,β-unsaturated/α-hetero) is 1. The lowest BCUT2D eigenvalue weighted by Gasteiger charge is -2.33. The minimum atomic E-state index is -2.79. The van der Waals surface area contributed by atoms with Crippen molar-refractivity contribution < 1.29 is 18.3 Å². The van der Waals surface area contributed by atoms with Crippen LogP contribution in [0.2, 0.25) is 0 Å². The molecule has 0 aromatic heterocycles. The highest BCUT2D eigenvalue weighted by molar-refractivity contribution is 5.88. The molecule has 94 valence electrons. The number of piperidine rings is 1. The molecule has 1 rings (SSSR count). The van der Waals surface area contributed by atoms with Gasteiger partial charge in [0, 0.05) is 5.41 Å². The van der Waals surface area contributed by atoms with Gasteiger partial charge < -0.3 is 4.74 Å². The lowest BCUT2D eigenvalue weighted by molar-refractivity contribution is -0.181. The van der Waals surface area contributed by atoms with E-state index in [-0.39, 0.29) is 11.8 Å². The Morgan fingerprint density at radius 2 is 2.00 bits per heavy atom. The summed E-state index contributed by atoms with van der Waals surface area (Å²) in [7, 11) is 0. The minimum Gasteiger partial charge on any atom is -0.304 e. The highest BCUT2D eigenvalue weighted by Crippen LogP contribution is 2.23. The van der Waals surface area contributed by atoms with Crippen LogP contribution < -0.4 is 5.32 Å². The summed E-state index contributed by atoms with van der Waals surface area (Å²) in [6.07, 6.45) is 1.25. The molecule has 0 amide bonds. The number of ketones is 1. The standard InChI is InChI=1S/C11H19F2NO2/c1-11(2,3)9(15)7-5-4-6-8(14-7)16-10(12)13/h7-8,10,14H,4-6H2,1-3H3. The molecule has 2 unspecified atom stereocenters. The fourth-order valence-electron chi connectivity index (χ4n) is 1.86. The minimum absolute atomic E-state index is 0.0510. The molecule has 0 saturated carbocycles. The highest BCUT2D eigenvalue weighted by Gasteiger charge is 2.34. The van der Waals surface area contributed by atoms with Gasteiger partial charge in [0.15, 0.2) is 5.78 Å². The van der Waals surface area contributed by atoms with Gasteiger partial charge in [0.2, 0.25) is 0 Å². The van der Waals surface area contributed by atoms with Crippen molar-refractivity contribution in [2.45, 2.75) is 58.9 Å². The monoisotopic (exact) mass is 235 g/mol. The van der Waals surface area contributed by atoms with Crippen LogP contribution in [0.4, 0.5) is 8.78 Å². The summed E-state index contributed by atoms with van der Waals surface area (Å²) >= 11 is 0. The first kappa shape index (κ1) is 13.5. The van der Waals surface area contributed by atoms with E-state index in [0.29, 0.717) is 12.8 Å². The van der Waals surface area contributed by atoms with Gasteiger partial charge in [-0.25, -0.2) is 0 Å². The number of hydrogen-bond donors (Lipinski definition) is 1. The normalized spacial score (nSPS) is 27.1. The highest BCUT2D eigenvalue weighted by atomic mass is 19.3. The lowest BCUT2D eigenvalue weighted by Crippen LogP contribution is -2.51. The van der Waals surface area contributed by atoms with Crippen molar-refractivity contribution in [3.8, 4) is 0 Å². The zero-order valence-corrected chi connectivity index (χ0v) is 9.93. The molecule has 0 bridgehead atoms. The van der Waals surface area contributed by atoms with Crippen molar-refractivity contribution >= 4 is 5.78 Å². The summed E-state index contributed by atoms with van der Waals surface area (Å²) in [4.78, 5) is 11.9. The van der Waals surface area contributed by atoms with Gasteiger partial charge >= 0.3 is 6.61 Å². The molecular weight excluding hydrogens is 216 g/mol. The van der Waals surface area contributed by atoms with E-state index in [1.165, 1.54) is 0 Å². The Hall–Kier alpha value is -0.550. The second-order valence-electron chi connectivity index (χ2n) is 5.15. The predicted molar refractivity (Wildman–Crippen MR) is 56.1 cm³/mol. The van der Waals surface area contributed by atoms with Crippen LogP contribution in [0, 0.1) is 5.41 Å². The summed E-state index contributed by atoms with van der Waals surface area (Å²) in [6, 6.07) is -0.363. The lowest BCUT2D eigenvalue weighted by atomic mass is 9.83. The fraction of sp³-hybridized carbons (Fsp3) is 0.909. The van der Waals surface area contributed by atoms with Crippen LogP contribution in [0.3, 0.4) is 0 Å². The third-order valence-corrected chi connectivity index (χ3v) is 2.67. The number of halogens is 2.